The van der Waals surface area contributed by atoms with Gasteiger partial charge in [0.05, 0.1) is 7.11 Å². The van der Waals surface area contributed by atoms with E-state index < -0.39 is 0 Å². The molecule has 1 aliphatic heterocycles. The third kappa shape index (κ3) is 3.73. The van der Waals surface area contributed by atoms with Gasteiger partial charge in [0.15, 0.2) is 0 Å². The number of ether oxygens (including phenoxy) is 2. The number of benzene rings is 1. The van der Waals surface area contributed by atoms with E-state index in [-0.39, 0.29) is 5.41 Å². The lowest BCUT2D eigenvalue weighted by molar-refractivity contribution is 0.0663. The van der Waals surface area contributed by atoms with Crippen molar-refractivity contribution in [2.45, 2.75) is 45.4 Å². The zero-order valence-corrected chi connectivity index (χ0v) is 12.7. The molecule has 0 aromatic heterocycles. The van der Waals surface area contributed by atoms with Crippen molar-refractivity contribution in [3.8, 4) is 5.75 Å². The molecule has 0 spiro atoms. The first-order chi connectivity index (χ1) is 9.00. The predicted molar refractivity (Wildman–Crippen MR) is 78.9 cm³/mol. The summed E-state index contributed by atoms with van der Waals surface area (Å²) in [6, 6.07) is 6.63. The number of rotatable bonds is 3. The first-order valence-electron chi connectivity index (χ1n) is 7.26. The van der Waals surface area contributed by atoms with Gasteiger partial charge in [-0.2, -0.15) is 0 Å². The molecule has 0 aliphatic carbocycles. The molecule has 1 fully saturated rings. The van der Waals surface area contributed by atoms with Crippen molar-refractivity contribution in [2.75, 3.05) is 20.3 Å². The van der Waals surface area contributed by atoms with E-state index >= 15 is 0 Å². The van der Waals surface area contributed by atoms with Crippen LogP contribution >= 0.6 is 0 Å². The van der Waals surface area contributed by atoms with E-state index in [4.69, 9.17) is 9.47 Å². The molecule has 1 aromatic rings. The van der Waals surface area contributed by atoms with Crippen LogP contribution in [-0.4, -0.2) is 20.3 Å². The van der Waals surface area contributed by atoms with Gasteiger partial charge in [-0.25, -0.2) is 0 Å². The van der Waals surface area contributed by atoms with Crippen LogP contribution in [0.1, 0.15) is 44.7 Å². The summed E-state index contributed by atoms with van der Waals surface area (Å²) in [6.07, 6.45) is 3.45. The Morgan fingerprint density at radius 3 is 2.47 bits per heavy atom. The standard InChI is InChI=1S/C17H26O2/c1-17(2,3)15-5-6-16(18-4)14(12-15)11-13-7-9-19-10-8-13/h5-6,12-13H,7-11H2,1-4H3. The molecule has 106 valence electrons. The maximum Gasteiger partial charge on any atom is 0.122 e. The summed E-state index contributed by atoms with van der Waals surface area (Å²) >= 11 is 0. The zero-order chi connectivity index (χ0) is 13.9. The van der Waals surface area contributed by atoms with Gasteiger partial charge in [0.1, 0.15) is 5.75 Å². The minimum Gasteiger partial charge on any atom is -0.496 e. The van der Waals surface area contributed by atoms with Gasteiger partial charge in [-0.1, -0.05) is 32.9 Å². The normalized spacial score (nSPS) is 17.5. The van der Waals surface area contributed by atoms with Crippen molar-refractivity contribution in [3.63, 3.8) is 0 Å². The first-order valence-corrected chi connectivity index (χ1v) is 7.26. The Balaban J connectivity index is 2.20. The smallest absolute Gasteiger partial charge is 0.122 e. The van der Waals surface area contributed by atoms with Gasteiger partial charge < -0.3 is 9.47 Å². The lowest BCUT2D eigenvalue weighted by Gasteiger charge is -2.25. The quantitative estimate of drug-likeness (QED) is 0.821. The molecular weight excluding hydrogens is 236 g/mol. The second-order valence-corrected chi connectivity index (χ2v) is 6.54. The fourth-order valence-corrected chi connectivity index (χ4v) is 2.67. The Bertz CT molecular complexity index is 412. The van der Waals surface area contributed by atoms with Crippen molar-refractivity contribution in [1.29, 1.82) is 0 Å². The highest BCUT2D eigenvalue weighted by Crippen LogP contribution is 2.31. The van der Waals surface area contributed by atoms with Gasteiger partial charge in [0.2, 0.25) is 0 Å². The lowest BCUT2D eigenvalue weighted by Crippen LogP contribution is -2.18. The SMILES string of the molecule is COc1ccc(C(C)(C)C)cc1CC1CCOCC1. The maximum atomic E-state index is 5.52. The van der Waals surface area contributed by atoms with Crippen molar-refractivity contribution >= 4 is 0 Å². The van der Waals surface area contributed by atoms with Crippen molar-refractivity contribution in [2.24, 2.45) is 5.92 Å². The molecule has 0 amide bonds. The zero-order valence-electron chi connectivity index (χ0n) is 12.7. The van der Waals surface area contributed by atoms with E-state index in [0.717, 1.165) is 31.3 Å². The van der Waals surface area contributed by atoms with Crippen LogP contribution in [-0.2, 0) is 16.6 Å². The Labute approximate surface area is 117 Å². The second-order valence-electron chi connectivity index (χ2n) is 6.54. The average molecular weight is 262 g/mol. The van der Waals surface area contributed by atoms with E-state index in [2.05, 4.69) is 39.0 Å². The highest BCUT2D eigenvalue weighted by Gasteiger charge is 2.19. The second kappa shape index (κ2) is 5.96. The van der Waals surface area contributed by atoms with Gasteiger partial charge in [-0.3, -0.25) is 0 Å². The highest BCUT2D eigenvalue weighted by molar-refractivity contribution is 5.40. The molecule has 2 nitrogen and oxygen atoms in total. The topological polar surface area (TPSA) is 18.5 Å². The molecule has 1 saturated heterocycles. The third-order valence-electron chi connectivity index (χ3n) is 4.00. The van der Waals surface area contributed by atoms with Gasteiger partial charge in [-0.05, 0) is 47.8 Å². The van der Waals surface area contributed by atoms with Crippen LogP contribution in [0.2, 0.25) is 0 Å². The van der Waals surface area contributed by atoms with Gasteiger partial charge >= 0.3 is 0 Å². The molecule has 0 radical (unpaired) electrons. The Kier molecular flexibility index (Phi) is 4.51. The molecule has 0 atom stereocenters. The fourth-order valence-electron chi connectivity index (χ4n) is 2.67. The third-order valence-corrected chi connectivity index (χ3v) is 4.00. The van der Waals surface area contributed by atoms with Crippen LogP contribution in [0.3, 0.4) is 0 Å². The molecule has 19 heavy (non-hydrogen) atoms. The van der Waals surface area contributed by atoms with Crippen LogP contribution in [0.5, 0.6) is 5.75 Å². The number of hydrogen-bond acceptors (Lipinski definition) is 2. The van der Waals surface area contributed by atoms with Crippen molar-refractivity contribution in [3.05, 3.63) is 29.3 Å². The van der Waals surface area contributed by atoms with Crippen LogP contribution in [0.4, 0.5) is 0 Å². The molecular formula is C17H26O2. The number of methoxy groups -OCH3 is 1. The lowest BCUT2D eigenvalue weighted by atomic mass is 9.84. The molecule has 0 saturated carbocycles. The molecule has 2 heteroatoms. The monoisotopic (exact) mass is 262 g/mol. The van der Waals surface area contributed by atoms with Gasteiger partial charge in [0, 0.05) is 13.2 Å². The van der Waals surface area contributed by atoms with Gasteiger partial charge in [-0.15, -0.1) is 0 Å². The van der Waals surface area contributed by atoms with E-state index in [1.54, 1.807) is 7.11 Å². The molecule has 0 bridgehead atoms. The maximum absolute atomic E-state index is 5.52. The molecule has 1 aliphatic rings. The number of hydrogen-bond donors (Lipinski definition) is 0. The minimum atomic E-state index is 0.191. The van der Waals surface area contributed by atoms with Crippen LogP contribution in [0, 0.1) is 5.92 Å². The summed E-state index contributed by atoms with van der Waals surface area (Å²) in [5, 5.41) is 0. The van der Waals surface area contributed by atoms with Gasteiger partial charge in [0.25, 0.3) is 0 Å². The summed E-state index contributed by atoms with van der Waals surface area (Å²) in [4.78, 5) is 0. The Morgan fingerprint density at radius 2 is 1.89 bits per heavy atom. The van der Waals surface area contributed by atoms with E-state index in [0.29, 0.717) is 0 Å². The Morgan fingerprint density at radius 1 is 1.21 bits per heavy atom. The molecule has 1 aromatic carbocycles. The Hall–Kier alpha value is -1.02. The average Bonchev–Trinajstić information content (AvgIpc) is 2.39. The van der Waals surface area contributed by atoms with E-state index in [1.807, 2.05) is 0 Å². The summed E-state index contributed by atoms with van der Waals surface area (Å²) in [7, 11) is 1.76. The molecule has 0 N–H and O–H groups in total. The summed E-state index contributed by atoms with van der Waals surface area (Å²) in [5.74, 6) is 1.76. The molecule has 1 heterocycles. The van der Waals surface area contributed by atoms with Crippen molar-refractivity contribution < 1.29 is 9.47 Å². The van der Waals surface area contributed by atoms with E-state index in [1.165, 1.54) is 24.0 Å². The fraction of sp³-hybridized carbons (Fsp3) is 0.647. The van der Waals surface area contributed by atoms with E-state index in [9.17, 15) is 0 Å². The van der Waals surface area contributed by atoms with Crippen molar-refractivity contribution in [1.82, 2.24) is 0 Å². The molecule has 2 rings (SSSR count). The summed E-state index contributed by atoms with van der Waals surface area (Å²) in [6.45, 7) is 8.59. The molecule has 0 unspecified atom stereocenters. The largest absolute Gasteiger partial charge is 0.496 e. The van der Waals surface area contributed by atoms with Crippen LogP contribution in [0.25, 0.3) is 0 Å². The minimum absolute atomic E-state index is 0.191. The predicted octanol–water partition coefficient (Wildman–Crippen LogP) is 3.96. The summed E-state index contributed by atoms with van der Waals surface area (Å²) in [5.41, 5.74) is 2.92. The highest BCUT2D eigenvalue weighted by atomic mass is 16.5. The first kappa shape index (κ1) is 14.4. The summed E-state index contributed by atoms with van der Waals surface area (Å²) < 4.78 is 11.0. The van der Waals surface area contributed by atoms with Crippen LogP contribution in [0.15, 0.2) is 18.2 Å². The van der Waals surface area contributed by atoms with Crippen LogP contribution < -0.4 is 4.74 Å².